The molecule has 0 aromatic rings. The van der Waals surface area contributed by atoms with E-state index in [1.165, 1.54) is 0 Å². The summed E-state index contributed by atoms with van der Waals surface area (Å²) in [6, 6.07) is 0.134. The summed E-state index contributed by atoms with van der Waals surface area (Å²) in [6.07, 6.45) is -0.646. The van der Waals surface area contributed by atoms with E-state index in [2.05, 4.69) is 11.8 Å². The van der Waals surface area contributed by atoms with E-state index in [0.717, 1.165) is 13.1 Å². The second-order valence-corrected chi connectivity index (χ2v) is 3.29. The summed E-state index contributed by atoms with van der Waals surface area (Å²) in [5.41, 5.74) is 0. The number of piperazine rings is 1. The van der Waals surface area contributed by atoms with E-state index in [-0.39, 0.29) is 12.6 Å². The lowest BCUT2D eigenvalue weighted by molar-refractivity contribution is -0.0248. The van der Waals surface area contributed by atoms with Crippen molar-refractivity contribution in [3.05, 3.63) is 6.92 Å². The molecule has 1 aliphatic heterocycles. The van der Waals surface area contributed by atoms with E-state index in [0.29, 0.717) is 6.54 Å². The first-order valence-corrected chi connectivity index (χ1v) is 4.21. The molecule has 4 nitrogen and oxygen atoms in total. The third-order valence-corrected chi connectivity index (χ3v) is 2.44. The maximum absolute atomic E-state index is 9.19. The maximum atomic E-state index is 9.19. The number of nitrogens with zero attached hydrogens (tertiary/aromatic N) is 2. The van der Waals surface area contributed by atoms with Gasteiger partial charge in [-0.05, 0) is 14.0 Å². The van der Waals surface area contributed by atoms with Crippen molar-refractivity contribution in [2.45, 2.75) is 12.3 Å². The molecular weight excluding hydrogens is 156 g/mol. The zero-order valence-corrected chi connectivity index (χ0v) is 7.48. The van der Waals surface area contributed by atoms with Gasteiger partial charge in [-0.2, -0.15) is 0 Å². The first-order valence-electron chi connectivity index (χ1n) is 4.21. The third kappa shape index (κ3) is 2.17. The van der Waals surface area contributed by atoms with Gasteiger partial charge in [0.15, 0.2) is 0 Å². The van der Waals surface area contributed by atoms with Crippen LogP contribution in [0, 0.1) is 6.92 Å². The molecule has 0 spiro atoms. The van der Waals surface area contributed by atoms with Gasteiger partial charge >= 0.3 is 0 Å². The number of likely N-dealkylation sites (N-methyl/N-ethyl adjacent to an activating group) is 1. The highest BCUT2D eigenvalue weighted by Gasteiger charge is 2.25. The van der Waals surface area contributed by atoms with Crippen LogP contribution < -0.4 is 0 Å². The SMILES string of the molecule is [CH2]C(O)N1CCN(C)C(CO)C1. The molecule has 0 amide bonds. The molecule has 0 bridgehead atoms. The normalized spacial score (nSPS) is 30.5. The van der Waals surface area contributed by atoms with Crippen LogP contribution in [0.2, 0.25) is 0 Å². The molecule has 2 atom stereocenters. The van der Waals surface area contributed by atoms with Crippen LogP contribution in [0.5, 0.6) is 0 Å². The number of hydrogen-bond acceptors (Lipinski definition) is 4. The predicted octanol–water partition coefficient (Wildman–Crippen LogP) is -1.25. The zero-order valence-electron chi connectivity index (χ0n) is 7.48. The van der Waals surface area contributed by atoms with Crippen LogP contribution in [0.3, 0.4) is 0 Å². The Morgan fingerprint density at radius 2 is 2.25 bits per heavy atom. The van der Waals surface area contributed by atoms with Crippen molar-refractivity contribution in [3.8, 4) is 0 Å². The summed E-state index contributed by atoms with van der Waals surface area (Å²) < 4.78 is 0. The van der Waals surface area contributed by atoms with Crippen molar-refractivity contribution in [3.63, 3.8) is 0 Å². The number of aliphatic hydroxyl groups excluding tert-OH is 2. The van der Waals surface area contributed by atoms with E-state index in [1.807, 2.05) is 11.9 Å². The molecular formula is C8H17N2O2. The Bertz CT molecular complexity index is 141. The minimum atomic E-state index is -0.646. The third-order valence-electron chi connectivity index (χ3n) is 2.44. The maximum Gasteiger partial charge on any atom is 0.107 e. The van der Waals surface area contributed by atoms with Crippen molar-refractivity contribution >= 4 is 0 Å². The predicted molar refractivity (Wildman–Crippen MR) is 46.4 cm³/mol. The van der Waals surface area contributed by atoms with Crippen LogP contribution in [0.15, 0.2) is 0 Å². The fraction of sp³-hybridized carbons (Fsp3) is 0.875. The molecule has 1 fully saturated rings. The Labute approximate surface area is 73.4 Å². The molecule has 1 aliphatic rings. The van der Waals surface area contributed by atoms with Gasteiger partial charge in [0, 0.05) is 25.7 Å². The molecule has 0 aromatic carbocycles. The van der Waals surface area contributed by atoms with Crippen LogP contribution in [0.25, 0.3) is 0 Å². The van der Waals surface area contributed by atoms with Crippen molar-refractivity contribution in [2.75, 3.05) is 33.3 Å². The van der Waals surface area contributed by atoms with Crippen molar-refractivity contribution < 1.29 is 10.2 Å². The summed E-state index contributed by atoms with van der Waals surface area (Å²) in [5.74, 6) is 0. The number of rotatable bonds is 2. The van der Waals surface area contributed by atoms with Gasteiger partial charge < -0.3 is 10.2 Å². The first kappa shape index (κ1) is 9.92. The number of aliphatic hydroxyl groups is 2. The molecule has 0 aliphatic carbocycles. The van der Waals surface area contributed by atoms with E-state index in [1.54, 1.807) is 0 Å². The van der Waals surface area contributed by atoms with Gasteiger partial charge in [0.2, 0.25) is 0 Å². The summed E-state index contributed by atoms with van der Waals surface area (Å²) in [4.78, 5) is 3.96. The average Bonchev–Trinajstić information content (AvgIpc) is 2.05. The van der Waals surface area contributed by atoms with Crippen molar-refractivity contribution in [1.29, 1.82) is 0 Å². The number of hydrogen-bond donors (Lipinski definition) is 2. The smallest absolute Gasteiger partial charge is 0.107 e. The first-order chi connectivity index (χ1) is 5.65. The molecule has 0 aromatic heterocycles. The molecule has 4 heteroatoms. The summed E-state index contributed by atoms with van der Waals surface area (Å²) in [5, 5.41) is 18.2. The largest absolute Gasteiger partial charge is 0.395 e. The van der Waals surface area contributed by atoms with Gasteiger partial charge in [0.25, 0.3) is 0 Å². The summed E-state index contributed by atoms with van der Waals surface area (Å²) in [7, 11) is 1.98. The second kappa shape index (κ2) is 4.18. The topological polar surface area (TPSA) is 46.9 Å². The van der Waals surface area contributed by atoms with E-state index in [4.69, 9.17) is 5.11 Å². The Morgan fingerprint density at radius 3 is 2.75 bits per heavy atom. The highest BCUT2D eigenvalue weighted by atomic mass is 16.3. The Hall–Kier alpha value is -0.160. The highest BCUT2D eigenvalue weighted by Crippen LogP contribution is 2.08. The van der Waals surface area contributed by atoms with Crippen LogP contribution in [0.1, 0.15) is 0 Å². The molecule has 1 rings (SSSR count). The van der Waals surface area contributed by atoms with Gasteiger partial charge in [0.05, 0.1) is 6.61 Å². The second-order valence-electron chi connectivity index (χ2n) is 3.29. The molecule has 0 saturated carbocycles. The van der Waals surface area contributed by atoms with Gasteiger partial charge in [-0.1, -0.05) is 0 Å². The van der Waals surface area contributed by atoms with E-state index < -0.39 is 6.23 Å². The molecule has 71 valence electrons. The standard InChI is InChI=1S/C8H17N2O2/c1-7(12)10-4-3-9(2)8(5-10)6-11/h7-8,11-12H,1,3-6H2,2H3. The molecule has 2 N–H and O–H groups in total. The van der Waals surface area contributed by atoms with Crippen LogP contribution in [-0.2, 0) is 0 Å². The van der Waals surface area contributed by atoms with Crippen molar-refractivity contribution in [1.82, 2.24) is 9.80 Å². The lowest BCUT2D eigenvalue weighted by Crippen LogP contribution is -2.55. The van der Waals surface area contributed by atoms with E-state index >= 15 is 0 Å². The van der Waals surface area contributed by atoms with Gasteiger partial charge in [-0.3, -0.25) is 9.80 Å². The molecule has 1 radical (unpaired) electrons. The monoisotopic (exact) mass is 173 g/mol. The van der Waals surface area contributed by atoms with Gasteiger partial charge in [0.1, 0.15) is 6.23 Å². The van der Waals surface area contributed by atoms with E-state index in [9.17, 15) is 5.11 Å². The Balaban J connectivity index is 2.44. The fourth-order valence-electron chi connectivity index (χ4n) is 1.44. The minimum Gasteiger partial charge on any atom is -0.395 e. The zero-order chi connectivity index (χ0) is 9.14. The Morgan fingerprint density at radius 1 is 1.58 bits per heavy atom. The quantitative estimate of drug-likeness (QED) is 0.547. The van der Waals surface area contributed by atoms with Gasteiger partial charge in [-0.15, -0.1) is 0 Å². The average molecular weight is 173 g/mol. The van der Waals surface area contributed by atoms with Crippen LogP contribution in [-0.4, -0.2) is 65.6 Å². The molecule has 12 heavy (non-hydrogen) atoms. The summed E-state index contributed by atoms with van der Waals surface area (Å²) >= 11 is 0. The molecule has 1 saturated heterocycles. The summed E-state index contributed by atoms with van der Waals surface area (Å²) in [6.45, 7) is 6.06. The lowest BCUT2D eigenvalue weighted by atomic mass is 10.2. The van der Waals surface area contributed by atoms with Crippen LogP contribution in [0.4, 0.5) is 0 Å². The molecule has 1 heterocycles. The fourth-order valence-corrected chi connectivity index (χ4v) is 1.44. The minimum absolute atomic E-state index is 0.134. The van der Waals surface area contributed by atoms with Gasteiger partial charge in [-0.25, -0.2) is 0 Å². The lowest BCUT2D eigenvalue weighted by Gasteiger charge is -2.39. The molecule has 2 unspecified atom stereocenters. The highest BCUT2D eigenvalue weighted by molar-refractivity contribution is 4.81. The van der Waals surface area contributed by atoms with Crippen molar-refractivity contribution in [2.24, 2.45) is 0 Å². The van der Waals surface area contributed by atoms with Crippen LogP contribution >= 0.6 is 0 Å². The Kier molecular flexibility index (Phi) is 3.46.